The lowest BCUT2D eigenvalue weighted by atomic mass is 10.1. The summed E-state index contributed by atoms with van der Waals surface area (Å²) in [5.74, 6) is -1.92. The van der Waals surface area contributed by atoms with Gasteiger partial charge in [0.25, 0.3) is 5.91 Å². The van der Waals surface area contributed by atoms with Crippen molar-refractivity contribution in [1.82, 2.24) is 5.32 Å². The Hall–Kier alpha value is -3.16. The molecule has 27 heavy (non-hydrogen) atoms. The Bertz CT molecular complexity index is 858. The Labute approximate surface area is 154 Å². The fourth-order valence-corrected chi connectivity index (χ4v) is 2.58. The SMILES string of the molecule is C[C@H](NC(=O)COC(=O)[C@@H]1COc2ccccc2O1)c1ccc(F)cc1F. The number of benzene rings is 2. The van der Waals surface area contributed by atoms with Gasteiger partial charge in [0.1, 0.15) is 18.2 Å². The van der Waals surface area contributed by atoms with Crippen LogP contribution in [0.1, 0.15) is 18.5 Å². The average Bonchev–Trinajstić information content (AvgIpc) is 2.65. The molecule has 0 aromatic heterocycles. The molecule has 1 aliphatic rings. The summed E-state index contributed by atoms with van der Waals surface area (Å²) in [5.41, 5.74) is 0.122. The van der Waals surface area contributed by atoms with Crippen molar-refractivity contribution in [3.05, 3.63) is 59.7 Å². The number of fused-ring (bicyclic) bond motifs is 1. The summed E-state index contributed by atoms with van der Waals surface area (Å²) in [4.78, 5) is 24.0. The normalized spacial score (nSPS) is 16.3. The number of esters is 1. The molecule has 1 amide bonds. The van der Waals surface area contributed by atoms with Crippen LogP contribution in [0.15, 0.2) is 42.5 Å². The Morgan fingerprint density at radius 3 is 2.70 bits per heavy atom. The minimum Gasteiger partial charge on any atom is -0.485 e. The van der Waals surface area contributed by atoms with Gasteiger partial charge in [-0.15, -0.1) is 0 Å². The molecule has 0 fully saturated rings. The number of carbonyl (C=O) groups excluding carboxylic acids is 2. The van der Waals surface area contributed by atoms with E-state index in [0.717, 1.165) is 12.1 Å². The molecular formula is C19H17F2NO5. The molecule has 3 rings (SSSR count). The lowest BCUT2D eigenvalue weighted by molar-refractivity contribution is -0.157. The number of carbonyl (C=O) groups is 2. The van der Waals surface area contributed by atoms with Gasteiger partial charge in [-0.3, -0.25) is 4.79 Å². The van der Waals surface area contributed by atoms with E-state index < -0.39 is 42.3 Å². The van der Waals surface area contributed by atoms with Gasteiger partial charge in [-0.2, -0.15) is 0 Å². The molecule has 1 N–H and O–H groups in total. The van der Waals surface area contributed by atoms with E-state index >= 15 is 0 Å². The molecule has 0 aliphatic carbocycles. The van der Waals surface area contributed by atoms with Crippen molar-refractivity contribution < 1.29 is 32.6 Å². The maximum atomic E-state index is 13.7. The highest BCUT2D eigenvalue weighted by Crippen LogP contribution is 2.31. The number of para-hydroxylation sites is 2. The van der Waals surface area contributed by atoms with Crippen molar-refractivity contribution in [2.45, 2.75) is 19.1 Å². The van der Waals surface area contributed by atoms with Crippen LogP contribution >= 0.6 is 0 Å². The zero-order valence-electron chi connectivity index (χ0n) is 14.4. The molecule has 0 radical (unpaired) electrons. The van der Waals surface area contributed by atoms with E-state index in [4.69, 9.17) is 14.2 Å². The molecule has 0 bridgehead atoms. The van der Waals surface area contributed by atoms with Gasteiger partial charge < -0.3 is 19.5 Å². The third-order valence-electron chi connectivity index (χ3n) is 3.92. The number of ether oxygens (including phenoxy) is 3. The summed E-state index contributed by atoms with van der Waals surface area (Å²) in [5, 5.41) is 2.48. The molecule has 0 saturated carbocycles. The lowest BCUT2D eigenvalue weighted by Crippen LogP contribution is -2.40. The van der Waals surface area contributed by atoms with Crippen molar-refractivity contribution in [3.8, 4) is 11.5 Å². The topological polar surface area (TPSA) is 73.9 Å². The standard InChI is InChI=1S/C19H17F2NO5/c1-11(13-7-6-12(20)8-14(13)21)22-18(23)10-26-19(24)17-9-25-15-4-2-3-5-16(15)27-17/h2-8,11,17H,9-10H2,1H3,(H,22,23)/t11-,17-/m0/s1. The Morgan fingerprint density at radius 1 is 1.22 bits per heavy atom. The Kier molecular flexibility index (Phi) is 5.54. The van der Waals surface area contributed by atoms with E-state index in [1.54, 1.807) is 24.3 Å². The minimum atomic E-state index is -0.986. The highest BCUT2D eigenvalue weighted by atomic mass is 19.1. The van der Waals surface area contributed by atoms with E-state index in [9.17, 15) is 18.4 Å². The minimum absolute atomic E-state index is 0.0331. The zero-order chi connectivity index (χ0) is 19.4. The van der Waals surface area contributed by atoms with Gasteiger partial charge in [0.2, 0.25) is 6.10 Å². The predicted molar refractivity (Wildman–Crippen MR) is 90.2 cm³/mol. The maximum Gasteiger partial charge on any atom is 0.351 e. The van der Waals surface area contributed by atoms with E-state index in [2.05, 4.69) is 5.32 Å². The number of halogens is 2. The second kappa shape index (κ2) is 8.03. The third kappa shape index (κ3) is 4.52. The number of amides is 1. The number of hydrogen-bond donors (Lipinski definition) is 1. The van der Waals surface area contributed by atoms with Crippen LogP contribution in [0.2, 0.25) is 0 Å². The summed E-state index contributed by atoms with van der Waals surface area (Å²) in [6.07, 6.45) is -0.986. The largest absolute Gasteiger partial charge is 0.485 e. The fraction of sp³-hybridized carbons (Fsp3) is 0.263. The van der Waals surface area contributed by atoms with Crippen LogP contribution < -0.4 is 14.8 Å². The second-order valence-electron chi connectivity index (χ2n) is 5.93. The molecule has 142 valence electrons. The van der Waals surface area contributed by atoms with Gasteiger partial charge in [0.05, 0.1) is 6.04 Å². The third-order valence-corrected chi connectivity index (χ3v) is 3.92. The lowest BCUT2D eigenvalue weighted by Gasteiger charge is -2.25. The second-order valence-corrected chi connectivity index (χ2v) is 5.93. The van der Waals surface area contributed by atoms with Crippen LogP contribution in [0, 0.1) is 11.6 Å². The Balaban J connectivity index is 1.49. The zero-order valence-corrected chi connectivity index (χ0v) is 14.4. The smallest absolute Gasteiger partial charge is 0.351 e. The first-order valence-electron chi connectivity index (χ1n) is 8.23. The molecule has 2 aromatic rings. The molecule has 2 atom stereocenters. The molecule has 2 aromatic carbocycles. The molecule has 1 aliphatic heterocycles. The van der Waals surface area contributed by atoms with Crippen molar-refractivity contribution in [3.63, 3.8) is 0 Å². The summed E-state index contributed by atoms with van der Waals surface area (Å²) in [6, 6.07) is 9.22. The maximum absolute atomic E-state index is 13.7. The Morgan fingerprint density at radius 2 is 1.96 bits per heavy atom. The van der Waals surface area contributed by atoms with Gasteiger partial charge in [0.15, 0.2) is 18.1 Å². The van der Waals surface area contributed by atoms with E-state index in [1.165, 1.54) is 13.0 Å². The monoisotopic (exact) mass is 377 g/mol. The predicted octanol–water partition coefficient (Wildman–Crippen LogP) is 2.53. The van der Waals surface area contributed by atoms with Gasteiger partial charge >= 0.3 is 5.97 Å². The quantitative estimate of drug-likeness (QED) is 0.811. The van der Waals surface area contributed by atoms with Crippen molar-refractivity contribution in [2.24, 2.45) is 0 Å². The van der Waals surface area contributed by atoms with E-state index in [-0.39, 0.29) is 12.2 Å². The van der Waals surface area contributed by atoms with Crippen molar-refractivity contribution in [2.75, 3.05) is 13.2 Å². The first-order valence-corrected chi connectivity index (χ1v) is 8.23. The highest BCUT2D eigenvalue weighted by Gasteiger charge is 2.29. The van der Waals surface area contributed by atoms with Gasteiger partial charge in [-0.05, 0) is 25.1 Å². The van der Waals surface area contributed by atoms with Crippen molar-refractivity contribution >= 4 is 11.9 Å². The van der Waals surface area contributed by atoms with Crippen LogP contribution in [0.4, 0.5) is 8.78 Å². The molecule has 6 nitrogen and oxygen atoms in total. The summed E-state index contributed by atoms with van der Waals surface area (Å²) in [7, 11) is 0. The van der Waals surface area contributed by atoms with Crippen LogP contribution in [-0.4, -0.2) is 31.2 Å². The number of hydrogen-bond acceptors (Lipinski definition) is 5. The fourth-order valence-electron chi connectivity index (χ4n) is 2.58. The summed E-state index contributed by atoms with van der Waals surface area (Å²) < 4.78 is 42.5. The molecule has 0 spiro atoms. The first-order chi connectivity index (χ1) is 12.9. The van der Waals surface area contributed by atoms with E-state index in [0.29, 0.717) is 11.5 Å². The molecule has 0 saturated heterocycles. The van der Waals surface area contributed by atoms with Gasteiger partial charge in [-0.25, -0.2) is 13.6 Å². The van der Waals surface area contributed by atoms with Crippen molar-refractivity contribution in [1.29, 1.82) is 0 Å². The van der Waals surface area contributed by atoms with Crippen LogP contribution in [-0.2, 0) is 14.3 Å². The van der Waals surface area contributed by atoms with Crippen LogP contribution in [0.25, 0.3) is 0 Å². The highest BCUT2D eigenvalue weighted by molar-refractivity contribution is 5.82. The van der Waals surface area contributed by atoms with Gasteiger partial charge in [0, 0.05) is 11.6 Å². The summed E-state index contributed by atoms with van der Waals surface area (Å²) in [6.45, 7) is 0.938. The first kappa shape index (κ1) is 18.6. The molecular weight excluding hydrogens is 360 g/mol. The summed E-state index contributed by atoms with van der Waals surface area (Å²) >= 11 is 0. The number of rotatable bonds is 5. The van der Waals surface area contributed by atoms with Gasteiger partial charge in [-0.1, -0.05) is 18.2 Å². The van der Waals surface area contributed by atoms with E-state index in [1.807, 2.05) is 0 Å². The van der Waals surface area contributed by atoms with Crippen LogP contribution in [0.5, 0.6) is 11.5 Å². The average molecular weight is 377 g/mol. The van der Waals surface area contributed by atoms with Crippen LogP contribution in [0.3, 0.4) is 0 Å². The molecule has 1 heterocycles. The molecule has 8 heteroatoms. The number of nitrogens with one attached hydrogen (secondary N) is 1. The molecule has 0 unspecified atom stereocenters.